The van der Waals surface area contributed by atoms with Gasteiger partial charge in [0.15, 0.2) is 0 Å². The van der Waals surface area contributed by atoms with Crippen LogP contribution in [0.2, 0.25) is 0 Å². The van der Waals surface area contributed by atoms with Gasteiger partial charge in [0.05, 0.1) is 5.69 Å². The fraction of sp³-hybridized carbons (Fsp3) is 0.824. The van der Waals surface area contributed by atoms with Crippen molar-refractivity contribution in [3.05, 3.63) is 16.1 Å². The molecule has 0 saturated heterocycles. The molecule has 2 atom stereocenters. The molecule has 1 saturated carbocycles. The highest BCUT2D eigenvalue weighted by Crippen LogP contribution is 2.38. The molecule has 1 aliphatic rings. The fourth-order valence-electron chi connectivity index (χ4n) is 3.12. The van der Waals surface area contributed by atoms with E-state index in [-0.39, 0.29) is 6.10 Å². The normalized spacial score (nSPS) is 19.6. The van der Waals surface area contributed by atoms with Crippen LogP contribution in [0.25, 0.3) is 0 Å². The SMILES string of the molecule is CCCNC(C)c1csc(C(OCC)C2CCCCC2)n1. The predicted octanol–water partition coefficient (Wildman–Crippen LogP) is 4.86. The Morgan fingerprint density at radius 2 is 2.10 bits per heavy atom. The molecule has 120 valence electrons. The molecule has 0 spiro atoms. The lowest BCUT2D eigenvalue weighted by molar-refractivity contribution is 0.00539. The third-order valence-electron chi connectivity index (χ3n) is 4.35. The summed E-state index contributed by atoms with van der Waals surface area (Å²) in [6.45, 7) is 8.31. The minimum Gasteiger partial charge on any atom is -0.371 e. The highest BCUT2D eigenvalue weighted by Gasteiger charge is 2.28. The lowest BCUT2D eigenvalue weighted by atomic mass is 9.85. The predicted molar refractivity (Wildman–Crippen MR) is 89.8 cm³/mol. The molecule has 1 aromatic rings. The second-order valence-electron chi connectivity index (χ2n) is 6.06. The quantitative estimate of drug-likeness (QED) is 0.744. The molecule has 4 heteroatoms. The third-order valence-corrected chi connectivity index (χ3v) is 5.28. The zero-order valence-electron chi connectivity index (χ0n) is 13.7. The van der Waals surface area contributed by atoms with Crippen LogP contribution in [0, 0.1) is 5.92 Å². The summed E-state index contributed by atoms with van der Waals surface area (Å²) in [5, 5.41) is 6.91. The average Bonchev–Trinajstić information content (AvgIpc) is 3.00. The van der Waals surface area contributed by atoms with E-state index in [1.807, 2.05) is 0 Å². The monoisotopic (exact) mass is 310 g/mol. The molecule has 0 radical (unpaired) electrons. The Bertz CT molecular complexity index is 401. The van der Waals surface area contributed by atoms with Gasteiger partial charge in [0.2, 0.25) is 0 Å². The van der Waals surface area contributed by atoms with Crippen LogP contribution >= 0.6 is 11.3 Å². The molecule has 0 bridgehead atoms. The first-order chi connectivity index (χ1) is 10.3. The van der Waals surface area contributed by atoms with Gasteiger partial charge in [0, 0.05) is 18.0 Å². The number of nitrogens with one attached hydrogen (secondary N) is 1. The highest BCUT2D eigenvalue weighted by molar-refractivity contribution is 7.09. The summed E-state index contributed by atoms with van der Waals surface area (Å²) in [5.41, 5.74) is 1.17. The van der Waals surface area contributed by atoms with E-state index in [0.717, 1.165) is 19.6 Å². The van der Waals surface area contributed by atoms with Crippen molar-refractivity contribution in [3.8, 4) is 0 Å². The standard InChI is InChI=1S/C17H30N2OS/c1-4-11-18-13(3)15-12-21-17(19-15)16(20-5-2)14-9-7-6-8-10-14/h12-14,16,18H,4-11H2,1-3H3. The third kappa shape index (κ3) is 4.76. The molecule has 2 rings (SSSR count). The molecule has 0 aliphatic heterocycles. The van der Waals surface area contributed by atoms with Crippen molar-refractivity contribution in [1.82, 2.24) is 10.3 Å². The van der Waals surface area contributed by atoms with E-state index < -0.39 is 0 Å². The summed E-state index contributed by atoms with van der Waals surface area (Å²) in [5.74, 6) is 0.664. The summed E-state index contributed by atoms with van der Waals surface area (Å²) < 4.78 is 6.07. The number of rotatable bonds is 8. The number of thiazole rings is 1. The van der Waals surface area contributed by atoms with Crippen LogP contribution in [-0.2, 0) is 4.74 Å². The van der Waals surface area contributed by atoms with Gasteiger partial charge >= 0.3 is 0 Å². The molecule has 21 heavy (non-hydrogen) atoms. The van der Waals surface area contributed by atoms with E-state index in [1.54, 1.807) is 11.3 Å². The van der Waals surface area contributed by atoms with Crippen molar-refractivity contribution < 1.29 is 4.74 Å². The van der Waals surface area contributed by atoms with E-state index in [1.165, 1.54) is 42.8 Å². The molecule has 3 nitrogen and oxygen atoms in total. The summed E-state index contributed by atoms with van der Waals surface area (Å²) >= 11 is 1.78. The first kappa shape index (κ1) is 16.9. The Morgan fingerprint density at radius 3 is 2.76 bits per heavy atom. The molecular formula is C17H30N2OS. The molecule has 2 unspecified atom stereocenters. The van der Waals surface area contributed by atoms with Crippen LogP contribution in [0.1, 0.15) is 82.1 Å². The maximum Gasteiger partial charge on any atom is 0.122 e. The van der Waals surface area contributed by atoms with Crippen LogP contribution in [0.5, 0.6) is 0 Å². The van der Waals surface area contributed by atoms with Gasteiger partial charge in [-0.3, -0.25) is 0 Å². The molecular weight excluding hydrogens is 280 g/mol. The number of hydrogen-bond donors (Lipinski definition) is 1. The summed E-state index contributed by atoms with van der Waals surface area (Å²) in [6.07, 6.45) is 8.04. The molecule has 1 fully saturated rings. The van der Waals surface area contributed by atoms with Crippen LogP contribution in [0.15, 0.2) is 5.38 Å². The Hall–Kier alpha value is -0.450. The first-order valence-electron chi connectivity index (χ1n) is 8.56. The first-order valence-corrected chi connectivity index (χ1v) is 9.44. The number of nitrogens with zero attached hydrogens (tertiary/aromatic N) is 1. The van der Waals surface area contributed by atoms with E-state index in [4.69, 9.17) is 9.72 Å². The van der Waals surface area contributed by atoms with E-state index >= 15 is 0 Å². The average molecular weight is 311 g/mol. The topological polar surface area (TPSA) is 34.1 Å². The van der Waals surface area contributed by atoms with Crippen LogP contribution < -0.4 is 5.32 Å². The molecule has 1 aliphatic carbocycles. The Labute approximate surface area is 133 Å². The number of aromatic nitrogens is 1. The fourth-order valence-corrected chi connectivity index (χ4v) is 4.17. The van der Waals surface area contributed by atoms with E-state index in [2.05, 4.69) is 31.5 Å². The van der Waals surface area contributed by atoms with Crippen molar-refractivity contribution in [1.29, 1.82) is 0 Å². The Balaban J connectivity index is 2.04. The van der Waals surface area contributed by atoms with Gasteiger partial charge < -0.3 is 10.1 Å². The van der Waals surface area contributed by atoms with Crippen molar-refractivity contribution >= 4 is 11.3 Å². The Morgan fingerprint density at radius 1 is 1.33 bits per heavy atom. The second-order valence-corrected chi connectivity index (χ2v) is 6.95. The van der Waals surface area contributed by atoms with Crippen molar-refractivity contribution in [2.24, 2.45) is 5.92 Å². The Kier molecular flexibility index (Phi) is 7.14. The zero-order chi connectivity index (χ0) is 15.1. The lowest BCUT2D eigenvalue weighted by Crippen LogP contribution is -2.21. The van der Waals surface area contributed by atoms with Gasteiger partial charge in [-0.1, -0.05) is 26.2 Å². The maximum atomic E-state index is 6.07. The lowest BCUT2D eigenvalue weighted by Gasteiger charge is -2.28. The second kappa shape index (κ2) is 8.86. The van der Waals surface area contributed by atoms with Gasteiger partial charge in [-0.15, -0.1) is 11.3 Å². The van der Waals surface area contributed by atoms with Crippen molar-refractivity contribution in [2.45, 2.75) is 71.4 Å². The van der Waals surface area contributed by atoms with Crippen LogP contribution in [0.4, 0.5) is 0 Å². The molecule has 1 N–H and O–H groups in total. The van der Waals surface area contributed by atoms with Crippen molar-refractivity contribution in [3.63, 3.8) is 0 Å². The van der Waals surface area contributed by atoms with Gasteiger partial charge in [0.25, 0.3) is 0 Å². The van der Waals surface area contributed by atoms with Gasteiger partial charge in [0.1, 0.15) is 11.1 Å². The maximum absolute atomic E-state index is 6.07. The van der Waals surface area contributed by atoms with E-state index in [9.17, 15) is 0 Å². The minimum absolute atomic E-state index is 0.215. The number of ether oxygens (including phenoxy) is 1. The molecule has 0 amide bonds. The highest BCUT2D eigenvalue weighted by atomic mass is 32.1. The number of hydrogen-bond acceptors (Lipinski definition) is 4. The van der Waals surface area contributed by atoms with Crippen molar-refractivity contribution in [2.75, 3.05) is 13.2 Å². The van der Waals surface area contributed by atoms with Crippen LogP contribution in [-0.4, -0.2) is 18.1 Å². The summed E-state index contributed by atoms with van der Waals surface area (Å²) in [6, 6.07) is 0.337. The van der Waals surface area contributed by atoms with Crippen LogP contribution in [0.3, 0.4) is 0 Å². The van der Waals surface area contributed by atoms with E-state index in [0.29, 0.717) is 12.0 Å². The molecule has 1 heterocycles. The smallest absolute Gasteiger partial charge is 0.122 e. The largest absolute Gasteiger partial charge is 0.371 e. The molecule has 1 aromatic heterocycles. The zero-order valence-corrected chi connectivity index (χ0v) is 14.5. The van der Waals surface area contributed by atoms with Gasteiger partial charge in [-0.05, 0) is 45.6 Å². The minimum atomic E-state index is 0.215. The van der Waals surface area contributed by atoms with Gasteiger partial charge in [-0.25, -0.2) is 4.98 Å². The van der Waals surface area contributed by atoms with Gasteiger partial charge in [-0.2, -0.15) is 0 Å². The summed E-state index contributed by atoms with van der Waals surface area (Å²) in [4.78, 5) is 4.89. The summed E-state index contributed by atoms with van der Waals surface area (Å²) in [7, 11) is 0. The molecule has 0 aromatic carbocycles.